The summed E-state index contributed by atoms with van der Waals surface area (Å²) in [7, 11) is 2.41. The van der Waals surface area contributed by atoms with Crippen LogP contribution >= 0.6 is 7.92 Å². The molecule has 0 spiro atoms. The van der Waals surface area contributed by atoms with Crippen LogP contribution in [-0.2, 0) is 26.5 Å². The largest absolute Gasteiger partial charge is 0.467 e. The maximum Gasteiger partial charge on any atom is 0.188 e. The van der Waals surface area contributed by atoms with Gasteiger partial charge in [-0.1, -0.05) is 84.0 Å². The Hall–Kier alpha value is -2.39. The van der Waals surface area contributed by atoms with Crippen molar-refractivity contribution in [2.75, 3.05) is 27.8 Å². The van der Waals surface area contributed by atoms with Crippen LogP contribution in [0.3, 0.4) is 0 Å². The van der Waals surface area contributed by atoms with Gasteiger partial charge in [-0.05, 0) is 59.7 Å². The maximum atomic E-state index is 6.14. The number of benzene rings is 3. The fourth-order valence-corrected chi connectivity index (χ4v) is 6.52. The standard InChI is InChI=1S/C31H41O4P/c1-30(2,3)24-14-16-26(34-21-32-7)28(18-24)36(20-23-12-10-9-11-13-23)29-19-25(31(4,5)6)15-17-27(29)35-22-33-8/h9-19H,20-22H2,1-8H3. The highest BCUT2D eigenvalue weighted by Crippen LogP contribution is 2.45. The monoisotopic (exact) mass is 508 g/mol. The molecule has 0 N–H and O–H groups in total. The first-order chi connectivity index (χ1) is 17.0. The van der Waals surface area contributed by atoms with Gasteiger partial charge in [0.1, 0.15) is 11.5 Å². The zero-order valence-corrected chi connectivity index (χ0v) is 23.9. The fourth-order valence-electron chi connectivity index (χ4n) is 3.94. The maximum absolute atomic E-state index is 6.14. The van der Waals surface area contributed by atoms with Gasteiger partial charge in [0.25, 0.3) is 0 Å². The quantitative estimate of drug-likeness (QED) is 0.221. The highest BCUT2D eigenvalue weighted by Gasteiger charge is 2.27. The second-order valence-electron chi connectivity index (χ2n) is 11.0. The third-order valence-corrected chi connectivity index (χ3v) is 8.62. The van der Waals surface area contributed by atoms with Gasteiger partial charge in [0.05, 0.1) is 0 Å². The Labute approximate surface area is 218 Å². The number of ether oxygens (including phenoxy) is 4. The molecule has 0 radical (unpaired) electrons. The first kappa shape index (κ1) is 28.2. The summed E-state index contributed by atoms with van der Waals surface area (Å²) in [5, 5.41) is 2.37. The zero-order valence-electron chi connectivity index (χ0n) is 23.1. The molecular formula is C31H41O4P. The first-order valence-corrected chi connectivity index (χ1v) is 13.9. The summed E-state index contributed by atoms with van der Waals surface area (Å²) in [6, 6.07) is 23.8. The molecule has 3 rings (SSSR count). The molecule has 4 nitrogen and oxygen atoms in total. The molecule has 0 atom stereocenters. The number of methoxy groups -OCH3 is 2. The van der Waals surface area contributed by atoms with Gasteiger partial charge in [-0.15, -0.1) is 0 Å². The van der Waals surface area contributed by atoms with Crippen LogP contribution < -0.4 is 20.1 Å². The molecule has 0 fully saturated rings. The van der Waals surface area contributed by atoms with Crippen molar-refractivity contribution in [3.05, 3.63) is 83.4 Å². The van der Waals surface area contributed by atoms with Crippen molar-refractivity contribution in [3.63, 3.8) is 0 Å². The van der Waals surface area contributed by atoms with E-state index < -0.39 is 7.92 Å². The SMILES string of the molecule is COCOc1ccc(C(C)(C)C)cc1P(Cc1ccccc1)c1cc(C(C)(C)C)ccc1OCOC. The molecule has 0 saturated heterocycles. The van der Waals surface area contributed by atoms with E-state index in [0.29, 0.717) is 0 Å². The smallest absolute Gasteiger partial charge is 0.188 e. The second-order valence-corrected chi connectivity index (χ2v) is 13.2. The molecule has 3 aromatic carbocycles. The van der Waals surface area contributed by atoms with Crippen LogP contribution in [0.15, 0.2) is 66.7 Å². The van der Waals surface area contributed by atoms with Gasteiger partial charge >= 0.3 is 0 Å². The average Bonchev–Trinajstić information content (AvgIpc) is 2.84. The molecule has 36 heavy (non-hydrogen) atoms. The minimum Gasteiger partial charge on any atom is -0.467 e. The molecular weight excluding hydrogens is 467 g/mol. The number of hydrogen-bond donors (Lipinski definition) is 0. The highest BCUT2D eigenvalue weighted by atomic mass is 31.1. The first-order valence-electron chi connectivity index (χ1n) is 12.4. The predicted molar refractivity (Wildman–Crippen MR) is 152 cm³/mol. The van der Waals surface area contributed by atoms with Crippen molar-refractivity contribution in [2.45, 2.75) is 58.5 Å². The molecule has 5 heteroatoms. The van der Waals surface area contributed by atoms with Crippen LogP contribution in [0.4, 0.5) is 0 Å². The van der Waals surface area contributed by atoms with Gasteiger partial charge < -0.3 is 18.9 Å². The Balaban J connectivity index is 2.28. The van der Waals surface area contributed by atoms with Gasteiger partial charge in [-0.3, -0.25) is 0 Å². The highest BCUT2D eigenvalue weighted by molar-refractivity contribution is 7.72. The van der Waals surface area contributed by atoms with E-state index in [-0.39, 0.29) is 24.4 Å². The number of rotatable bonds is 10. The van der Waals surface area contributed by atoms with E-state index >= 15 is 0 Å². The molecule has 0 aromatic heterocycles. The number of hydrogen-bond acceptors (Lipinski definition) is 4. The van der Waals surface area contributed by atoms with E-state index in [2.05, 4.69) is 108 Å². The lowest BCUT2D eigenvalue weighted by atomic mass is 9.87. The Morgan fingerprint density at radius 2 is 1.06 bits per heavy atom. The van der Waals surface area contributed by atoms with Crippen LogP contribution in [0.5, 0.6) is 11.5 Å². The van der Waals surface area contributed by atoms with Crippen molar-refractivity contribution in [3.8, 4) is 11.5 Å². The normalized spacial score (nSPS) is 12.1. The molecule has 0 aliphatic rings. The van der Waals surface area contributed by atoms with Crippen molar-refractivity contribution in [2.24, 2.45) is 0 Å². The lowest BCUT2D eigenvalue weighted by Gasteiger charge is -2.28. The van der Waals surface area contributed by atoms with Gasteiger partial charge in [0.15, 0.2) is 13.6 Å². The average molecular weight is 509 g/mol. The fraction of sp³-hybridized carbons (Fsp3) is 0.419. The van der Waals surface area contributed by atoms with Crippen molar-refractivity contribution in [1.29, 1.82) is 0 Å². The Kier molecular flexibility index (Phi) is 9.58. The molecule has 0 unspecified atom stereocenters. The van der Waals surface area contributed by atoms with Gasteiger partial charge in [-0.2, -0.15) is 0 Å². The molecule has 194 valence electrons. The summed E-state index contributed by atoms with van der Waals surface area (Å²) in [5.74, 6) is 1.71. The van der Waals surface area contributed by atoms with Gasteiger partial charge in [0, 0.05) is 31.0 Å². The van der Waals surface area contributed by atoms with Crippen LogP contribution in [0.25, 0.3) is 0 Å². The molecule has 0 bridgehead atoms. The second kappa shape index (κ2) is 12.2. The Morgan fingerprint density at radius 1 is 0.611 bits per heavy atom. The molecule has 0 aliphatic carbocycles. The van der Waals surface area contributed by atoms with Crippen LogP contribution in [0, 0.1) is 0 Å². The zero-order chi connectivity index (χ0) is 26.3. The van der Waals surface area contributed by atoms with E-state index in [0.717, 1.165) is 17.7 Å². The molecule has 0 saturated carbocycles. The molecule has 3 aromatic rings. The summed E-state index contributed by atoms with van der Waals surface area (Å²) < 4.78 is 22.9. The summed E-state index contributed by atoms with van der Waals surface area (Å²) >= 11 is 0. The van der Waals surface area contributed by atoms with E-state index in [9.17, 15) is 0 Å². The van der Waals surface area contributed by atoms with Crippen molar-refractivity contribution >= 4 is 18.5 Å². The van der Waals surface area contributed by atoms with Gasteiger partial charge in [0.2, 0.25) is 0 Å². The molecule has 0 amide bonds. The summed E-state index contributed by atoms with van der Waals surface area (Å²) in [6.07, 6.45) is 0.865. The van der Waals surface area contributed by atoms with E-state index in [1.807, 2.05) is 0 Å². The van der Waals surface area contributed by atoms with E-state index in [4.69, 9.17) is 18.9 Å². The van der Waals surface area contributed by atoms with Crippen LogP contribution in [0.2, 0.25) is 0 Å². The minimum atomic E-state index is -0.890. The topological polar surface area (TPSA) is 36.9 Å². The van der Waals surface area contributed by atoms with Gasteiger partial charge in [-0.25, -0.2) is 0 Å². The predicted octanol–water partition coefficient (Wildman–Crippen LogP) is 6.88. The van der Waals surface area contributed by atoms with Crippen LogP contribution in [0.1, 0.15) is 58.2 Å². The van der Waals surface area contributed by atoms with Crippen molar-refractivity contribution in [1.82, 2.24) is 0 Å². The Bertz CT molecular complexity index is 1040. The molecule has 0 heterocycles. The van der Waals surface area contributed by atoms with Crippen molar-refractivity contribution < 1.29 is 18.9 Å². The van der Waals surface area contributed by atoms with E-state index in [1.54, 1.807) is 14.2 Å². The van der Waals surface area contributed by atoms with E-state index in [1.165, 1.54) is 27.3 Å². The third kappa shape index (κ3) is 7.32. The third-order valence-electron chi connectivity index (χ3n) is 6.08. The van der Waals surface area contributed by atoms with Crippen LogP contribution in [-0.4, -0.2) is 27.8 Å². The summed E-state index contributed by atoms with van der Waals surface area (Å²) in [6.45, 7) is 13.9. The lowest BCUT2D eigenvalue weighted by Crippen LogP contribution is -2.23. The Morgan fingerprint density at radius 3 is 1.44 bits per heavy atom. The summed E-state index contributed by atoms with van der Waals surface area (Å²) in [5.41, 5.74) is 3.83. The minimum absolute atomic E-state index is 0.00489. The summed E-state index contributed by atoms with van der Waals surface area (Å²) in [4.78, 5) is 0. The molecule has 0 aliphatic heterocycles. The lowest BCUT2D eigenvalue weighted by molar-refractivity contribution is 0.0518.